The lowest BCUT2D eigenvalue weighted by molar-refractivity contribution is -0.127. The molecule has 0 heterocycles. The number of nitrogens with zero attached hydrogens (tertiary/aromatic N) is 1. The van der Waals surface area contributed by atoms with Crippen LogP contribution >= 0.6 is 15.9 Å². The van der Waals surface area contributed by atoms with Crippen molar-refractivity contribution in [3.63, 3.8) is 0 Å². The smallest absolute Gasteiger partial charge is 0.263 e. The molecule has 0 aliphatic carbocycles. The molecule has 0 saturated heterocycles. The van der Waals surface area contributed by atoms with Gasteiger partial charge in [0.05, 0.1) is 0 Å². The number of hydrogen-bond donors (Lipinski definition) is 0. The van der Waals surface area contributed by atoms with Gasteiger partial charge in [0.2, 0.25) is 0 Å². The fraction of sp³-hybridized carbons (Fsp3) is 0.364. The topological polar surface area (TPSA) is 20.3 Å². The Bertz CT molecular complexity index is 373. The number of amides is 1. The highest BCUT2D eigenvalue weighted by Gasteiger charge is 2.30. The molecule has 1 aromatic carbocycles. The van der Waals surface area contributed by atoms with Crippen LogP contribution in [0.2, 0.25) is 0 Å². The van der Waals surface area contributed by atoms with Crippen LogP contribution in [0.1, 0.15) is 13.8 Å². The lowest BCUT2D eigenvalue weighted by atomic mass is 10.1. The fourth-order valence-electron chi connectivity index (χ4n) is 1.20. The number of carbonyl (C=O) groups is 1. The Morgan fingerprint density at radius 2 is 2.07 bits per heavy atom. The van der Waals surface area contributed by atoms with Crippen LogP contribution in [-0.4, -0.2) is 18.6 Å². The molecule has 0 aliphatic heterocycles. The first-order valence-corrected chi connectivity index (χ1v) is 5.34. The molecule has 0 unspecified atom stereocenters. The van der Waals surface area contributed by atoms with Gasteiger partial charge in [0.15, 0.2) is 5.67 Å². The zero-order valence-electron chi connectivity index (χ0n) is 8.92. The van der Waals surface area contributed by atoms with E-state index in [0.717, 1.165) is 4.47 Å². The zero-order chi connectivity index (χ0) is 11.6. The molecule has 0 aliphatic rings. The Kier molecular flexibility index (Phi) is 3.50. The number of anilines is 1. The maximum absolute atomic E-state index is 13.4. The molecule has 2 nitrogen and oxygen atoms in total. The minimum absolute atomic E-state index is 0.555. The molecule has 0 atom stereocenters. The maximum atomic E-state index is 13.4. The van der Waals surface area contributed by atoms with E-state index >= 15 is 0 Å². The van der Waals surface area contributed by atoms with Gasteiger partial charge in [-0.15, -0.1) is 0 Å². The van der Waals surface area contributed by atoms with Crippen molar-refractivity contribution >= 4 is 27.5 Å². The molecular formula is C11H13BrFNO. The van der Waals surface area contributed by atoms with Crippen LogP contribution < -0.4 is 4.90 Å². The second kappa shape index (κ2) is 4.31. The minimum Gasteiger partial charge on any atom is -0.313 e. The summed E-state index contributed by atoms with van der Waals surface area (Å²) < 4.78 is 14.3. The summed E-state index contributed by atoms with van der Waals surface area (Å²) in [6.45, 7) is 2.51. The highest BCUT2D eigenvalue weighted by Crippen LogP contribution is 2.22. The van der Waals surface area contributed by atoms with Crippen LogP contribution in [-0.2, 0) is 4.79 Å². The number of benzene rings is 1. The van der Waals surface area contributed by atoms with Crippen LogP contribution in [0.25, 0.3) is 0 Å². The monoisotopic (exact) mass is 273 g/mol. The largest absolute Gasteiger partial charge is 0.313 e. The highest BCUT2D eigenvalue weighted by atomic mass is 79.9. The van der Waals surface area contributed by atoms with E-state index in [-0.39, 0.29) is 0 Å². The molecule has 1 aromatic rings. The first-order valence-electron chi connectivity index (χ1n) is 4.55. The molecule has 0 bridgehead atoms. The molecule has 82 valence electrons. The number of alkyl halides is 1. The van der Waals surface area contributed by atoms with Gasteiger partial charge >= 0.3 is 0 Å². The maximum Gasteiger partial charge on any atom is 0.263 e. The van der Waals surface area contributed by atoms with E-state index < -0.39 is 11.6 Å². The van der Waals surface area contributed by atoms with Gasteiger partial charge in [-0.2, -0.15) is 0 Å². The van der Waals surface area contributed by atoms with Crippen LogP contribution in [0, 0.1) is 0 Å². The average Bonchev–Trinajstić information content (AvgIpc) is 2.14. The summed E-state index contributed by atoms with van der Waals surface area (Å²) >= 11 is 3.30. The molecule has 1 amide bonds. The van der Waals surface area contributed by atoms with E-state index in [2.05, 4.69) is 15.9 Å². The van der Waals surface area contributed by atoms with E-state index in [4.69, 9.17) is 0 Å². The van der Waals surface area contributed by atoms with Gasteiger partial charge in [0, 0.05) is 17.2 Å². The van der Waals surface area contributed by atoms with Crippen molar-refractivity contribution in [2.75, 3.05) is 11.9 Å². The molecule has 0 N–H and O–H groups in total. The number of hydrogen-bond acceptors (Lipinski definition) is 1. The average molecular weight is 274 g/mol. The van der Waals surface area contributed by atoms with Crippen molar-refractivity contribution in [3.05, 3.63) is 28.7 Å². The Morgan fingerprint density at radius 1 is 1.47 bits per heavy atom. The lowest BCUT2D eigenvalue weighted by Crippen LogP contribution is -2.40. The quantitative estimate of drug-likeness (QED) is 0.811. The lowest BCUT2D eigenvalue weighted by Gasteiger charge is -2.23. The van der Waals surface area contributed by atoms with E-state index in [1.54, 1.807) is 25.2 Å². The third kappa shape index (κ3) is 3.02. The normalized spacial score (nSPS) is 11.3. The summed E-state index contributed by atoms with van der Waals surface area (Å²) in [5.41, 5.74) is -1.18. The van der Waals surface area contributed by atoms with Gasteiger partial charge in [0.25, 0.3) is 5.91 Å². The van der Waals surface area contributed by atoms with Gasteiger partial charge < -0.3 is 4.90 Å². The molecule has 15 heavy (non-hydrogen) atoms. The second-order valence-electron chi connectivity index (χ2n) is 3.82. The summed E-state index contributed by atoms with van der Waals surface area (Å²) in [5.74, 6) is -0.555. The first-order chi connectivity index (χ1) is 6.82. The predicted octanol–water partition coefficient (Wildman–Crippen LogP) is 3.16. The zero-order valence-corrected chi connectivity index (χ0v) is 10.5. The van der Waals surface area contributed by atoms with Crippen molar-refractivity contribution in [3.8, 4) is 0 Å². The molecule has 0 aromatic heterocycles. The van der Waals surface area contributed by atoms with Crippen LogP contribution in [0.3, 0.4) is 0 Å². The molecule has 0 radical (unpaired) electrons. The van der Waals surface area contributed by atoms with Crippen LogP contribution in [0.4, 0.5) is 10.1 Å². The SMILES string of the molecule is CN(C(=O)C(C)(C)F)c1cccc(Br)c1. The summed E-state index contributed by atoms with van der Waals surface area (Å²) in [4.78, 5) is 12.9. The molecule has 0 saturated carbocycles. The third-order valence-corrected chi connectivity index (χ3v) is 2.50. The van der Waals surface area contributed by atoms with E-state index in [1.807, 2.05) is 6.07 Å². The van der Waals surface area contributed by atoms with Crippen molar-refractivity contribution in [1.82, 2.24) is 0 Å². The minimum atomic E-state index is -1.85. The molecule has 0 fully saturated rings. The number of halogens is 2. The summed E-state index contributed by atoms with van der Waals surface area (Å²) in [6.07, 6.45) is 0. The van der Waals surface area contributed by atoms with E-state index in [9.17, 15) is 9.18 Å². The molecular weight excluding hydrogens is 261 g/mol. The number of rotatable bonds is 2. The third-order valence-electron chi connectivity index (χ3n) is 2.01. The van der Waals surface area contributed by atoms with Gasteiger partial charge in [-0.25, -0.2) is 4.39 Å². The Hall–Kier alpha value is -0.900. The van der Waals surface area contributed by atoms with Crippen molar-refractivity contribution in [2.45, 2.75) is 19.5 Å². The summed E-state index contributed by atoms with van der Waals surface area (Å²) in [7, 11) is 1.56. The van der Waals surface area contributed by atoms with Gasteiger partial charge in [-0.1, -0.05) is 22.0 Å². The molecule has 4 heteroatoms. The first kappa shape index (κ1) is 12.2. The van der Waals surface area contributed by atoms with Gasteiger partial charge in [0.1, 0.15) is 0 Å². The molecule has 0 spiro atoms. The van der Waals surface area contributed by atoms with Crippen molar-refractivity contribution in [2.24, 2.45) is 0 Å². The Labute approximate surface area is 97.2 Å². The second-order valence-corrected chi connectivity index (χ2v) is 4.73. The fourth-order valence-corrected chi connectivity index (χ4v) is 1.59. The van der Waals surface area contributed by atoms with Gasteiger partial charge in [-0.3, -0.25) is 4.79 Å². The Morgan fingerprint density at radius 3 is 2.53 bits per heavy atom. The van der Waals surface area contributed by atoms with Crippen molar-refractivity contribution in [1.29, 1.82) is 0 Å². The van der Waals surface area contributed by atoms with Gasteiger partial charge in [-0.05, 0) is 32.0 Å². The summed E-state index contributed by atoms with van der Waals surface area (Å²) in [6, 6.07) is 7.18. The van der Waals surface area contributed by atoms with Crippen molar-refractivity contribution < 1.29 is 9.18 Å². The standard InChI is InChI=1S/C11H13BrFNO/c1-11(2,13)10(15)14(3)9-6-4-5-8(12)7-9/h4-7H,1-3H3. The summed E-state index contributed by atoms with van der Waals surface area (Å²) in [5, 5.41) is 0. The predicted molar refractivity (Wildman–Crippen MR) is 62.7 cm³/mol. The highest BCUT2D eigenvalue weighted by molar-refractivity contribution is 9.10. The Balaban J connectivity index is 2.95. The van der Waals surface area contributed by atoms with E-state index in [0.29, 0.717) is 5.69 Å². The number of carbonyl (C=O) groups excluding carboxylic acids is 1. The van der Waals surface area contributed by atoms with Crippen LogP contribution in [0.5, 0.6) is 0 Å². The molecule has 1 rings (SSSR count). The van der Waals surface area contributed by atoms with E-state index in [1.165, 1.54) is 18.7 Å². The van der Waals surface area contributed by atoms with Crippen LogP contribution in [0.15, 0.2) is 28.7 Å².